The van der Waals surface area contributed by atoms with Crippen molar-refractivity contribution in [1.29, 1.82) is 0 Å². The molecule has 0 aromatic carbocycles. The molecule has 0 heterocycles. The van der Waals surface area contributed by atoms with Gasteiger partial charge in [-0.05, 0) is 19.1 Å². The van der Waals surface area contributed by atoms with E-state index in [-0.39, 0.29) is 0 Å². The molecule has 2 heteroatoms. The van der Waals surface area contributed by atoms with Crippen LogP contribution in [-0.2, 0) is 0 Å². The maximum Gasteiger partial charge on any atom is 0.186 e. The standard InChI is InChI=1S/C5H12OSi/c1-4-5-7(2,3)6/h4,6H,1,5H2,2-3H3. The van der Waals surface area contributed by atoms with Gasteiger partial charge in [-0.25, -0.2) is 0 Å². The summed E-state index contributed by atoms with van der Waals surface area (Å²) < 4.78 is 0. The van der Waals surface area contributed by atoms with Gasteiger partial charge in [0.05, 0.1) is 0 Å². The van der Waals surface area contributed by atoms with Crippen LogP contribution in [-0.4, -0.2) is 13.1 Å². The van der Waals surface area contributed by atoms with E-state index >= 15 is 0 Å². The van der Waals surface area contributed by atoms with E-state index < -0.39 is 8.32 Å². The highest BCUT2D eigenvalue weighted by Gasteiger charge is 2.12. The van der Waals surface area contributed by atoms with Crippen LogP contribution in [0.2, 0.25) is 19.1 Å². The quantitative estimate of drug-likeness (QED) is 0.427. The maximum atomic E-state index is 9.09. The van der Waals surface area contributed by atoms with Crippen molar-refractivity contribution in [3.63, 3.8) is 0 Å². The molecule has 1 N–H and O–H groups in total. The summed E-state index contributed by atoms with van der Waals surface area (Å²) >= 11 is 0. The van der Waals surface area contributed by atoms with E-state index in [1.165, 1.54) is 0 Å². The molecule has 0 atom stereocenters. The molecule has 0 aromatic heterocycles. The van der Waals surface area contributed by atoms with E-state index in [0.29, 0.717) is 0 Å². The summed E-state index contributed by atoms with van der Waals surface area (Å²) in [6, 6.07) is 0.799. The highest BCUT2D eigenvalue weighted by atomic mass is 28.4. The van der Waals surface area contributed by atoms with E-state index in [9.17, 15) is 0 Å². The van der Waals surface area contributed by atoms with Crippen LogP contribution in [0.3, 0.4) is 0 Å². The Labute approximate surface area is 45.8 Å². The molecule has 0 aliphatic carbocycles. The predicted molar refractivity (Wildman–Crippen MR) is 34.7 cm³/mol. The third-order valence-corrected chi connectivity index (χ3v) is 1.93. The van der Waals surface area contributed by atoms with Crippen molar-refractivity contribution < 1.29 is 4.80 Å². The minimum absolute atomic E-state index is 0.799. The van der Waals surface area contributed by atoms with Gasteiger partial charge >= 0.3 is 0 Å². The maximum absolute atomic E-state index is 9.09. The van der Waals surface area contributed by atoms with Crippen molar-refractivity contribution in [3.05, 3.63) is 12.7 Å². The number of hydrogen-bond donors (Lipinski definition) is 1. The first-order valence-electron chi connectivity index (χ1n) is 2.39. The van der Waals surface area contributed by atoms with Crippen molar-refractivity contribution in [2.24, 2.45) is 0 Å². The van der Waals surface area contributed by atoms with Gasteiger partial charge in [0.15, 0.2) is 8.32 Å². The lowest BCUT2D eigenvalue weighted by molar-refractivity contribution is 0.555. The summed E-state index contributed by atoms with van der Waals surface area (Å²) in [4.78, 5) is 9.09. The fourth-order valence-electron chi connectivity index (χ4n) is 0.353. The van der Waals surface area contributed by atoms with Crippen LogP contribution in [0.4, 0.5) is 0 Å². The summed E-state index contributed by atoms with van der Waals surface area (Å²) in [6.07, 6.45) is 1.77. The van der Waals surface area contributed by atoms with E-state index in [0.717, 1.165) is 6.04 Å². The van der Waals surface area contributed by atoms with Crippen LogP contribution in [0.5, 0.6) is 0 Å². The zero-order valence-corrected chi connectivity index (χ0v) is 5.94. The Morgan fingerprint density at radius 2 is 2.14 bits per heavy atom. The Kier molecular flexibility index (Phi) is 2.26. The third-order valence-electron chi connectivity index (χ3n) is 0.644. The highest BCUT2D eigenvalue weighted by Crippen LogP contribution is 2.02. The summed E-state index contributed by atoms with van der Waals surface area (Å²) in [7, 11) is -1.78. The molecule has 0 fully saturated rings. The van der Waals surface area contributed by atoms with Gasteiger partial charge in [-0.2, -0.15) is 0 Å². The molecule has 0 unspecified atom stereocenters. The van der Waals surface area contributed by atoms with Gasteiger partial charge in [0.2, 0.25) is 0 Å². The Hall–Kier alpha value is -0.0831. The van der Waals surface area contributed by atoms with E-state index in [1.807, 2.05) is 13.1 Å². The van der Waals surface area contributed by atoms with Crippen LogP contribution in [0.1, 0.15) is 0 Å². The van der Waals surface area contributed by atoms with Gasteiger partial charge in [0.1, 0.15) is 0 Å². The summed E-state index contributed by atoms with van der Waals surface area (Å²) in [5.74, 6) is 0. The van der Waals surface area contributed by atoms with Gasteiger partial charge in [-0.1, -0.05) is 6.08 Å². The second kappa shape index (κ2) is 2.28. The molecule has 0 bridgehead atoms. The molecule has 0 aliphatic heterocycles. The van der Waals surface area contributed by atoms with Crippen LogP contribution in [0, 0.1) is 0 Å². The van der Waals surface area contributed by atoms with Gasteiger partial charge in [0, 0.05) is 0 Å². The Balaban J connectivity index is 3.34. The molecule has 0 saturated heterocycles. The first-order chi connectivity index (χ1) is 3.06. The Morgan fingerprint density at radius 1 is 1.71 bits per heavy atom. The lowest BCUT2D eigenvalue weighted by atomic mass is 10.8. The summed E-state index contributed by atoms with van der Waals surface area (Å²) in [5, 5.41) is 0. The van der Waals surface area contributed by atoms with E-state index in [2.05, 4.69) is 6.58 Å². The van der Waals surface area contributed by atoms with Crippen molar-refractivity contribution in [2.45, 2.75) is 19.1 Å². The van der Waals surface area contributed by atoms with E-state index in [4.69, 9.17) is 4.80 Å². The molecule has 42 valence electrons. The molecule has 0 rings (SSSR count). The second-order valence-corrected chi connectivity index (χ2v) is 6.34. The number of hydrogen-bond acceptors (Lipinski definition) is 1. The normalized spacial score (nSPS) is 11.3. The van der Waals surface area contributed by atoms with Crippen LogP contribution in [0.15, 0.2) is 12.7 Å². The fraction of sp³-hybridized carbons (Fsp3) is 0.600. The van der Waals surface area contributed by atoms with Gasteiger partial charge < -0.3 is 4.80 Å². The Bertz CT molecular complexity index is 63.0. The molecular formula is C5H12OSi. The van der Waals surface area contributed by atoms with Crippen molar-refractivity contribution in [3.8, 4) is 0 Å². The summed E-state index contributed by atoms with van der Waals surface area (Å²) in [6.45, 7) is 7.32. The van der Waals surface area contributed by atoms with E-state index in [1.54, 1.807) is 6.08 Å². The lowest BCUT2D eigenvalue weighted by Gasteiger charge is -2.08. The SMILES string of the molecule is C=CC[Si](C)(C)O. The number of allylic oxidation sites excluding steroid dienone is 1. The molecule has 7 heavy (non-hydrogen) atoms. The Morgan fingerprint density at radius 3 is 2.14 bits per heavy atom. The minimum atomic E-state index is -1.78. The molecule has 0 spiro atoms. The average Bonchev–Trinajstić information content (AvgIpc) is 1.30. The average molecular weight is 116 g/mol. The first-order valence-corrected chi connectivity index (χ1v) is 5.55. The molecule has 0 radical (unpaired) electrons. The zero-order valence-electron chi connectivity index (χ0n) is 4.94. The summed E-state index contributed by atoms with van der Waals surface area (Å²) in [5.41, 5.74) is 0. The molecular weight excluding hydrogens is 104 g/mol. The van der Waals surface area contributed by atoms with Crippen molar-refractivity contribution in [2.75, 3.05) is 0 Å². The largest absolute Gasteiger partial charge is 0.432 e. The van der Waals surface area contributed by atoms with Crippen LogP contribution in [0.25, 0.3) is 0 Å². The second-order valence-electron chi connectivity index (χ2n) is 2.31. The van der Waals surface area contributed by atoms with Crippen LogP contribution < -0.4 is 0 Å². The molecule has 0 aliphatic rings. The van der Waals surface area contributed by atoms with Crippen molar-refractivity contribution in [1.82, 2.24) is 0 Å². The third kappa shape index (κ3) is 5.92. The minimum Gasteiger partial charge on any atom is -0.432 e. The van der Waals surface area contributed by atoms with Crippen LogP contribution >= 0.6 is 0 Å². The number of rotatable bonds is 2. The van der Waals surface area contributed by atoms with Gasteiger partial charge in [-0.3, -0.25) is 0 Å². The topological polar surface area (TPSA) is 20.2 Å². The molecule has 0 saturated carbocycles. The first kappa shape index (κ1) is 6.92. The fourth-order valence-corrected chi connectivity index (χ4v) is 1.06. The van der Waals surface area contributed by atoms with Crippen molar-refractivity contribution >= 4 is 8.32 Å². The molecule has 1 nitrogen and oxygen atoms in total. The van der Waals surface area contributed by atoms with Gasteiger partial charge in [0.25, 0.3) is 0 Å². The van der Waals surface area contributed by atoms with Gasteiger partial charge in [-0.15, -0.1) is 6.58 Å². The smallest absolute Gasteiger partial charge is 0.186 e. The zero-order chi connectivity index (χ0) is 5.91. The molecule has 0 amide bonds. The monoisotopic (exact) mass is 116 g/mol. The lowest BCUT2D eigenvalue weighted by Crippen LogP contribution is -2.22. The highest BCUT2D eigenvalue weighted by molar-refractivity contribution is 6.70. The predicted octanol–water partition coefficient (Wildman–Crippen LogP) is 1.37. The molecule has 0 aromatic rings.